The molecule has 100 valence electrons. The van der Waals surface area contributed by atoms with Gasteiger partial charge < -0.3 is 9.72 Å². The molecule has 0 atom stereocenters. The predicted molar refractivity (Wildman–Crippen MR) is 86.9 cm³/mol. The third-order valence-corrected chi connectivity index (χ3v) is 4.18. The van der Waals surface area contributed by atoms with Crippen molar-refractivity contribution in [3.63, 3.8) is 0 Å². The summed E-state index contributed by atoms with van der Waals surface area (Å²) in [5, 5.41) is 2.06. The van der Waals surface area contributed by atoms with Gasteiger partial charge in [0.2, 0.25) is 0 Å². The summed E-state index contributed by atoms with van der Waals surface area (Å²) >= 11 is 7.03. The van der Waals surface area contributed by atoms with Crippen LogP contribution in [0.15, 0.2) is 53.9 Å². The van der Waals surface area contributed by atoms with E-state index in [2.05, 4.69) is 22.5 Å². The Labute approximate surface area is 126 Å². The van der Waals surface area contributed by atoms with Crippen molar-refractivity contribution in [2.24, 2.45) is 0 Å². The predicted octanol–water partition coefficient (Wildman–Crippen LogP) is 5.15. The van der Waals surface area contributed by atoms with Crippen LogP contribution in [-0.4, -0.2) is 12.1 Å². The molecule has 2 aromatic heterocycles. The van der Waals surface area contributed by atoms with E-state index in [-0.39, 0.29) is 0 Å². The molecule has 0 fully saturated rings. The van der Waals surface area contributed by atoms with Crippen LogP contribution in [0.5, 0.6) is 5.75 Å². The smallest absolute Gasteiger partial charge is 0.118 e. The molecule has 0 radical (unpaired) electrons. The molecule has 20 heavy (non-hydrogen) atoms. The fraction of sp³-hybridized carbons (Fsp3) is 0.0625. The molecular weight excluding hydrogens is 286 g/mol. The van der Waals surface area contributed by atoms with E-state index < -0.39 is 0 Å². The van der Waals surface area contributed by atoms with E-state index in [0.717, 1.165) is 27.2 Å². The van der Waals surface area contributed by atoms with E-state index in [0.29, 0.717) is 0 Å². The number of hydrogen-bond donors (Lipinski definition) is 1. The Morgan fingerprint density at radius 1 is 1.05 bits per heavy atom. The molecule has 0 amide bonds. The number of ether oxygens (including phenoxy) is 1. The maximum Gasteiger partial charge on any atom is 0.118 e. The number of rotatable bonds is 3. The molecule has 3 rings (SSSR count). The van der Waals surface area contributed by atoms with Crippen LogP contribution in [0.4, 0.5) is 0 Å². The van der Waals surface area contributed by atoms with Crippen LogP contribution >= 0.6 is 23.6 Å². The second kappa shape index (κ2) is 5.61. The van der Waals surface area contributed by atoms with Crippen molar-refractivity contribution in [1.29, 1.82) is 0 Å². The Morgan fingerprint density at radius 3 is 2.50 bits per heavy atom. The monoisotopic (exact) mass is 299 g/mol. The van der Waals surface area contributed by atoms with Gasteiger partial charge in [-0.15, -0.1) is 11.3 Å². The molecule has 0 aliphatic rings. The van der Waals surface area contributed by atoms with Gasteiger partial charge >= 0.3 is 0 Å². The minimum atomic E-state index is 0.738. The first-order chi connectivity index (χ1) is 9.76. The zero-order chi connectivity index (χ0) is 13.9. The van der Waals surface area contributed by atoms with Crippen molar-refractivity contribution in [3.8, 4) is 27.4 Å². The normalized spacial score (nSPS) is 10.4. The summed E-state index contributed by atoms with van der Waals surface area (Å²) in [6.07, 6.45) is 0. The van der Waals surface area contributed by atoms with E-state index >= 15 is 0 Å². The van der Waals surface area contributed by atoms with Crippen LogP contribution in [0.2, 0.25) is 0 Å². The first-order valence-electron chi connectivity index (χ1n) is 6.19. The van der Waals surface area contributed by atoms with Crippen LogP contribution in [-0.2, 0) is 0 Å². The van der Waals surface area contributed by atoms with Gasteiger partial charge in [-0.1, -0.05) is 30.4 Å². The fourth-order valence-electron chi connectivity index (χ4n) is 2.06. The van der Waals surface area contributed by atoms with Gasteiger partial charge in [-0.2, -0.15) is 0 Å². The summed E-state index contributed by atoms with van der Waals surface area (Å²) in [6, 6.07) is 16.2. The topological polar surface area (TPSA) is 25.0 Å². The van der Waals surface area contributed by atoms with Crippen molar-refractivity contribution >= 4 is 23.6 Å². The lowest BCUT2D eigenvalue weighted by molar-refractivity contribution is 0.415. The maximum atomic E-state index is 5.33. The van der Waals surface area contributed by atoms with Gasteiger partial charge in [-0.25, -0.2) is 0 Å². The molecule has 0 unspecified atom stereocenters. The van der Waals surface area contributed by atoms with Crippen LogP contribution in [0.1, 0.15) is 0 Å². The van der Waals surface area contributed by atoms with Gasteiger partial charge in [0.1, 0.15) is 10.4 Å². The lowest BCUT2D eigenvalue weighted by Gasteiger charge is -2.06. The molecule has 1 N–H and O–H groups in total. The minimum Gasteiger partial charge on any atom is -0.497 e. The second-order valence-electron chi connectivity index (χ2n) is 4.35. The molecule has 0 saturated heterocycles. The van der Waals surface area contributed by atoms with Gasteiger partial charge in [0, 0.05) is 0 Å². The van der Waals surface area contributed by atoms with E-state index in [9.17, 15) is 0 Å². The highest BCUT2D eigenvalue weighted by atomic mass is 32.1. The molecule has 4 heteroatoms. The number of aromatic amines is 1. The first-order valence-corrected chi connectivity index (χ1v) is 7.48. The van der Waals surface area contributed by atoms with Gasteiger partial charge in [0.05, 0.1) is 17.7 Å². The van der Waals surface area contributed by atoms with Crippen LogP contribution in [0.3, 0.4) is 0 Å². The average Bonchev–Trinajstić information content (AvgIpc) is 3.01. The zero-order valence-corrected chi connectivity index (χ0v) is 12.6. The number of H-pyrrole nitrogens is 1. The number of hydrogen-bond acceptors (Lipinski definition) is 3. The summed E-state index contributed by atoms with van der Waals surface area (Å²) in [5.41, 5.74) is 3.29. The van der Waals surface area contributed by atoms with Gasteiger partial charge in [0.25, 0.3) is 0 Å². The maximum absolute atomic E-state index is 5.33. The van der Waals surface area contributed by atoms with Crippen LogP contribution < -0.4 is 4.74 Å². The molecule has 0 aliphatic carbocycles. The van der Waals surface area contributed by atoms with E-state index in [4.69, 9.17) is 17.0 Å². The highest BCUT2D eigenvalue weighted by molar-refractivity contribution is 7.71. The molecule has 0 spiro atoms. The zero-order valence-electron chi connectivity index (χ0n) is 10.9. The Balaban J connectivity index is 2.07. The Hall–Kier alpha value is -1.91. The van der Waals surface area contributed by atoms with Crippen molar-refractivity contribution in [1.82, 2.24) is 4.98 Å². The van der Waals surface area contributed by atoms with Crippen molar-refractivity contribution < 1.29 is 4.74 Å². The minimum absolute atomic E-state index is 0.738. The van der Waals surface area contributed by atoms with Gasteiger partial charge in [0.15, 0.2) is 0 Å². The molecule has 1 aromatic carbocycles. The number of methoxy groups -OCH3 is 1. The first kappa shape index (κ1) is 13.1. The molecule has 0 saturated carbocycles. The summed E-state index contributed by atoms with van der Waals surface area (Å²) in [6.45, 7) is 0. The van der Waals surface area contributed by atoms with E-state index in [1.165, 1.54) is 4.88 Å². The summed E-state index contributed by atoms with van der Waals surface area (Å²) in [4.78, 5) is 4.43. The summed E-state index contributed by atoms with van der Waals surface area (Å²) in [5.74, 6) is 0.855. The van der Waals surface area contributed by atoms with Crippen molar-refractivity contribution in [2.75, 3.05) is 7.11 Å². The van der Waals surface area contributed by atoms with Gasteiger partial charge in [-0.05, 0) is 46.8 Å². The highest BCUT2D eigenvalue weighted by Gasteiger charge is 2.04. The number of aromatic nitrogens is 1. The standard InChI is InChI=1S/C16H13NOS2/c1-18-13-6-4-11(5-7-13)12-9-14(17-16(19)10-12)15-3-2-8-20-15/h2-10H,1H3,(H,17,19). The number of benzene rings is 1. The number of nitrogens with one attached hydrogen (secondary N) is 1. The average molecular weight is 299 g/mol. The molecular formula is C16H13NOS2. The summed E-state index contributed by atoms with van der Waals surface area (Å²) in [7, 11) is 1.67. The fourth-order valence-corrected chi connectivity index (χ4v) is 2.99. The Morgan fingerprint density at radius 2 is 1.85 bits per heavy atom. The molecule has 2 heterocycles. The van der Waals surface area contributed by atoms with Gasteiger partial charge in [-0.3, -0.25) is 0 Å². The SMILES string of the molecule is COc1ccc(-c2cc(-c3cccs3)[nH]c(=S)c2)cc1. The number of thiophene rings is 1. The van der Waals surface area contributed by atoms with Crippen LogP contribution in [0.25, 0.3) is 21.7 Å². The van der Waals surface area contributed by atoms with Crippen molar-refractivity contribution in [2.45, 2.75) is 0 Å². The quantitative estimate of drug-likeness (QED) is 0.677. The molecule has 0 bridgehead atoms. The number of pyridine rings is 1. The molecule has 2 nitrogen and oxygen atoms in total. The van der Waals surface area contributed by atoms with Crippen molar-refractivity contribution in [3.05, 3.63) is 58.6 Å². The lowest BCUT2D eigenvalue weighted by atomic mass is 10.1. The highest BCUT2D eigenvalue weighted by Crippen LogP contribution is 2.28. The third kappa shape index (κ3) is 2.66. The van der Waals surface area contributed by atoms with E-state index in [1.54, 1.807) is 18.4 Å². The third-order valence-electron chi connectivity index (χ3n) is 3.05. The molecule has 0 aliphatic heterocycles. The Kier molecular flexibility index (Phi) is 3.67. The molecule has 3 aromatic rings. The lowest BCUT2D eigenvalue weighted by Crippen LogP contribution is -1.86. The van der Waals surface area contributed by atoms with E-state index in [1.807, 2.05) is 36.4 Å². The Bertz CT molecular complexity index is 758. The second-order valence-corrected chi connectivity index (χ2v) is 5.74. The summed E-state index contributed by atoms with van der Waals surface area (Å²) < 4.78 is 5.92. The largest absolute Gasteiger partial charge is 0.497 e. The van der Waals surface area contributed by atoms with Crippen LogP contribution in [0, 0.1) is 4.64 Å².